The molecule has 26 heavy (non-hydrogen) atoms. The van der Waals surface area contributed by atoms with Gasteiger partial charge in [0.05, 0.1) is 14.2 Å². The number of hydrogen-bond acceptors (Lipinski definition) is 4. The average molecular weight is 345 g/mol. The molecular formula is C22H19NO3. The minimum atomic E-state index is -0.00842. The number of methoxy groups -OCH3 is 2. The quantitative estimate of drug-likeness (QED) is 0.533. The average Bonchev–Trinajstić information content (AvgIpc) is 2.65. The first-order chi connectivity index (χ1) is 12.5. The summed E-state index contributed by atoms with van der Waals surface area (Å²) >= 11 is 0. The molecule has 2 bridgehead atoms. The van der Waals surface area contributed by atoms with Gasteiger partial charge < -0.3 is 9.47 Å². The van der Waals surface area contributed by atoms with Crippen molar-refractivity contribution in [2.24, 2.45) is 0 Å². The van der Waals surface area contributed by atoms with E-state index in [0.717, 1.165) is 33.6 Å². The van der Waals surface area contributed by atoms with Crippen molar-refractivity contribution in [3.63, 3.8) is 0 Å². The minimum absolute atomic E-state index is 0.00842. The Balaban J connectivity index is 2.13. The summed E-state index contributed by atoms with van der Waals surface area (Å²) in [7, 11) is 3.25. The Kier molecular flexibility index (Phi) is 3.76. The van der Waals surface area contributed by atoms with E-state index in [0.29, 0.717) is 22.6 Å². The highest BCUT2D eigenvalue weighted by atomic mass is 16.5. The van der Waals surface area contributed by atoms with E-state index in [1.54, 1.807) is 14.2 Å². The monoisotopic (exact) mass is 345 g/mol. The first-order valence-electron chi connectivity index (χ1n) is 8.43. The number of nitrogens with zero attached hydrogens (tertiary/aromatic N) is 1. The zero-order valence-corrected chi connectivity index (χ0v) is 15.2. The molecule has 0 radical (unpaired) electrons. The molecule has 0 amide bonds. The summed E-state index contributed by atoms with van der Waals surface area (Å²) in [5.74, 6) is 1.42. The summed E-state index contributed by atoms with van der Waals surface area (Å²) < 4.78 is 10.7. The lowest BCUT2D eigenvalue weighted by Crippen LogP contribution is -2.10. The van der Waals surface area contributed by atoms with Crippen LogP contribution < -0.4 is 9.47 Å². The molecule has 1 aliphatic rings. The highest BCUT2D eigenvalue weighted by Crippen LogP contribution is 2.40. The predicted octanol–water partition coefficient (Wildman–Crippen LogP) is 4.59. The molecule has 0 spiro atoms. The Hall–Kier alpha value is -3.14. The molecule has 0 saturated heterocycles. The number of fused-ring (bicyclic) bond motifs is 6. The molecule has 1 aliphatic carbocycles. The van der Waals surface area contributed by atoms with Crippen LogP contribution in [0.5, 0.6) is 11.5 Å². The maximum atomic E-state index is 13.4. The molecule has 0 unspecified atom stereocenters. The van der Waals surface area contributed by atoms with Crippen molar-refractivity contribution in [1.29, 1.82) is 0 Å². The van der Waals surface area contributed by atoms with Crippen LogP contribution in [0, 0.1) is 13.8 Å². The Morgan fingerprint density at radius 1 is 0.654 bits per heavy atom. The van der Waals surface area contributed by atoms with Crippen LogP contribution >= 0.6 is 0 Å². The summed E-state index contributed by atoms with van der Waals surface area (Å²) in [5, 5.41) is 0. The van der Waals surface area contributed by atoms with E-state index in [4.69, 9.17) is 14.5 Å². The van der Waals surface area contributed by atoms with Gasteiger partial charge in [-0.2, -0.15) is 0 Å². The molecule has 0 fully saturated rings. The van der Waals surface area contributed by atoms with Crippen molar-refractivity contribution in [2.45, 2.75) is 13.8 Å². The second-order valence-corrected chi connectivity index (χ2v) is 6.41. The van der Waals surface area contributed by atoms with Gasteiger partial charge in [0, 0.05) is 33.6 Å². The Labute approximate surface area is 152 Å². The van der Waals surface area contributed by atoms with Gasteiger partial charge in [-0.3, -0.25) is 9.78 Å². The van der Waals surface area contributed by atoms with E-state index in [9.17, 15) is 4.79 Å². The summed E-state index contributed by atoms with van der Waals surface area (Å²) in [6, 6.07) is 13.2. The van der Waals surface area contributed by atoms with E-state index < -0.39 is 0 Å². The lowest BCUT2D eigenvalue weighted by atomic mass is 9.84. The molecule has 4 rings (SSSR count). The Morgan fingerprint density at radius 2 is 1.12 bits per heavy atom. The van der Waals surface area contributed by atoms with Crippen molar-refractivity contribution < 1.29 is 14.3 Å². The molecule has 0 N–H and O–H groups in total. The number of carbonyl (C=O) groups excluding carboxylic acids is 1. The van der Waals surface area contributed by atoms with Crippen molar-refractivity contribution in [2.75, 3.05) is 14.2 Å². The number of benzene rings is 2. The van der Waals surface area contributed by atoms with Crippen molar-refractivity contribution in [3.05, 3.63) is 65.0 Å². The number of carbonyl (C=O) groups is 1. The molecule has 4 nitrogen and oxygen atoms in total. The predicted molar refractivity (Wildman–Crippen MR) is 101 cm³/mol. The summed E-state index contributed by atoms with van der Waals surface area (Å²) in [5.41, 5.74) is 6.67. The molecule has 2 aromatic carbocycles. The smallest absolute Gasteiger partial charge is 0.194 e. The Morgan fingerprint density at radius 3 is 1.54 bits per heavy atom. The summed E-state index contributed by atoms with van der Waals surface area (Å²) in [6.45, 7) is 3.93. The van der Waals surface area contributed by atoms with Gasteiger partial charge in [0.1, 0.15) is 11.5 Å². The van der Waals surface area contributed by atoms with Gasteiger partial charge in [-0.15, -0.1) is 0 Å². The van der Waals surface area contributed by atoms with Gasteiger partial charge in [-0.1, -0.05) is 0 Å². The van der Waals surface area contributed by atoms with Gasteiger partial charge >= 0.3 is 0 Å². The van der Waals surface area contributed by atoms with Crippen LogP contribution in [0.2, 0.25) is 0 Å². The van der Waals surface area contributed by atoms with Crippen molar-refractivity contribution in [1.82, 2.24) is 4.98 Å². The molecule has 4 heteroatoms. The Bertz CT molecular complexity index is 975. The zero-order valence-electron chi connectivity index (χ0n) is 15.2. The van der Waals surface area contributed by atoms with Crippen LogP contribution in [-0.4, -0.2) is 25.0 Å². The van der Waals surface area contributed by atoms with Crippen molar-refractivity contribution >= 4 is 5.78 Å². The number of aryl methyl sites for hydroxylation is 2. The SMILES string of the molecule is COc1ccc2c(c1)-c1cc(c(C)nc1C)-c1cc(OC)ccc1C2=O. The fourth-order valence-corrected chi connectivity index (χ4v) is 3.56. The van der Waals surface area contributed by atoms with Gasteiger partial charge in [0.25, 0.3) is 0 Å². The maximum Gasteiger partial charge on any atom is 0.194 e. The summed E-state index contributed by atoms with van der Waals surface area (Å²) in [6.07, 6.45) is 0. The number of hydrogen-bond donors (Lipinski definition) is 0. The van der Waals surface area contributed by atoms with Crippen LogP contribution in [0.3, 0.4) is 0 Å². The largest absolute Gasteiger partial charge is 0.497 e. The number of rotatable bonds is 2. The fourth-order valence-electron chi connectivity index (χ4n) is 3.56. The zero-order chi connectivity index (χ0) is 18.4. The first-order valence-corrected chi connectivity index (χ1v) is 8.43. The van der Waals surface area contributed by atoms with E-state index >= 15 is 0 Å². The number of aromatic nitrogens is 1. The third-order valence-electron chi connectivity index (χ3n) is 4.93. The van der Waals surface area contributed by atoms with Crippen LogP contribution in [-0.2, 0) is 0 Å². The molecule has 1 heterocycles. The van der Waals surface area contributed by atoms with E-state index in [-0.39, 0.29) is 5.78 Å². The third-order valence-corrected chi connectivity index (χ3v) is 4.93. The van der Waals surface area contributed by atoms with Crippen molar-refractivity contribution in [3.8, 4) is 33.8 Å². The van der Waals surface area contributed by atoms with Crippen LogP contribution in [0.25, 0.3) is 22.3 Å². The van der Waals surface area contributed by atoms with E-state index in [1.807, 2.05) is 50.2 Å². The standard InChI is InChI=1S/C22H19NO3/c1-12-18-11-19(13(2)23-12)21-10-15(26-4)6-8-17(21)22(24)16-7-5-14(25-3)9-20(16)18/h5-11H,1-4H3. The summed E-state index contributed by atoms with van der Waals surface area (Å²) in [4.78, 5) is 18.1. The second-order valence-electron chi connectivity index (χ2n) is 6.41. The van der Waals surface area contributed by atoms with Crippen LogP contribution in [0.15, 0.2) is 42.5 Å². The van der Waals surface area contributed by atoms with Gasteiger partial charge in [-0.25, -0.2) is 0 Å². The highest BCUT2D eigenvalue weighted by Gasteiger charge is 2.25. The topological polar surface area (TPSA) is 48.4 Å². The molecule has 130 valence electrons. The molecule has 0 aliphatic heterocycles. The molecule has 0 saturated carbocycles. The lowest BCUT2D eigenvalue weighted by Gasteiger charge is -2.21. The van der Waals surface area contributed by atoms with Gasteiger partial charge in [-0.05, 0) is 67.4 Å². The maximum absolute atomic E-state index is 13.4. The van der Waals surface area contributed by atoms with Crippen LogP contribution in [0.1, 0.15) is 27.3 Å². The molecule has 1 aromatic heterocycles. The molecular weight excluding hydrogens is 326 g/mol. The highest BCUT2D eigenvalue weighted by molar-refractivity contribution is 6.17. The number of ketones is 1. The second kappa shape index (κ2) is 5.99. The third kappa shape index (κ3) is 2.37. The van der Waals surface area contributed by atoms with Gasteiger partial charge in [0.15, 0.2) is 5.78 Å². The molecule has 3 aromatic rings. The lowest BCUT2D eigenvalue weighted by molar-refractivity contribution is 0.104. The fraction of sp³-hybridized carbons (Fsp3) is 0.182. The number of pyridine rings is 1. The molecule has 0 atom stereocenters. The van der Waals surface area contributed by atoms with E-state index in [1.165, 1.54) is 0 Å². The van der Waals surface area contributed by atoms with E-state index in [2.05, 4.69) is 6.07 Å². The van der Waals surface area contributed by atoms with Gasteiger partial charge in [0.2, 0.25) is 0 Å². The van der Waals surface area contributed by atoms with Crippen LogP contribution in [0.4, 0.5) is 0 Å². The number of ether oxygens (including phenoxy) is 2. The normalized spacial score (nSPS) is 11.9. The minimum Gasteiger partial charge on any atom is -0.497 e. The first kappa shape index (κ1) is 16.3.